The minimum Gasteiger partial charge on any atom is -0.462 e. The number of allylic oxidation sites excluding steroid dienone is 1. The Bertz CT molecular complexity index is 814. The molecule has 2 aromatic rings. The van der Waals surface area contributed by atoms with Gasteiger partial charge in [0.25, 0.3) is 0 Å². The standard InChI is InChI=1S/C20H25FN4O2/c1-3-4-5-6-7-12-27-19(26)17-14(2)24-20-22-13-23-25(20)18(17)15-8-10-16(21)11-9-15/h8-11,13,18H,3-7,12H2,1-2H3,(H,22,23,24). The number of halogens is 1. The molecule has 144 valence electrons. The van der Waals surface area contributed by atoms with E-state index in [2.05, 4.69) is 22.3 Å². The zero-order valence-electron chi connectivity index (χ0n) is 15.7. The van der Waals surface area contributed by atoms with Crippen LogP contribution in [0.4, 0.5) is 10.3 Å². The third-order valence-electron chi connectivity index (χ3n) is 4.68. The Kier molecular flexibility index (Phi) is 6.21. The number of rotatable bonds is 8. The van der Waals surface area contributed by atoms with Gasteiger partial charge in [-0.2, -0.15) is 10.1 Å². The second-order valence-corrected chi connectivity index (χ2v) is 6.70. The number of unbranched alkanes of at least 4 members (excludes halogenated alkanes) is 4. The Morgan fingerprint density at radius 3 is 2.70 bits per heavy atom. The second kappa shape index (κ2) is 8.79. The summed E-state index contributed by atoms with van der Waals surface area (Å²) in [7, 11) is 0. The molecular formula is C20H25FN4O2. The summed E-state index contributed by atoms with van der Waals surface area (Å²) >= 11 is 0. The Labute approximate surface area is 158 Å². The van der Waals surface area contributed by atoms with E-state index in [4.69, 9.17) is 4.74 Å². The maximum atomic E-state index is 13.4. The van der Waals surface area contributed by atoms with Gasteiger partial charge in [-0.3, -0.25) is 0 Å². The first kappa shape index (κ1) is 19.1. The summed E-state index contributed by atoms with van der Waals surface area (Å²) < 4.78 is 20.5. The van der Waals surface area contributed by atoms with Gasteiger partial charge in [0.15, 0.2) is 0 Å². The van der Waals surface area contributed by atoms with Crippen molar-refractivity contribution in [1.82, 2.24) is 14.8 Å². The lowest BCUT2D eigenvalue weighted by atomic mass is 9.96. The van der Waals surface area contributed by atoms with Crippen molar-refractivity contribution in [1.29, 1.82) is 0 Å². The molecule has 1 aromatic carbocycles. The van der Waals surface area contributed by atoms with Crippen molar-refractivity contribution in [2.75, 3.05) is 11.9 Å². The van der Waals surface area contributed by atoms with Crippen LogP contribution in [-0.4, -0.2) is 27.3 Å². The summed E-state index contributed by atoms with van der Waals surface area (Å²) in [4.78, 5) is 17.0. The zero-order chi connectivity index (χ0) is 19.2. The van der Waals surface area contributed by atoms with E-state index in [1.807, 2.05) is 6.92 Å². The number of carbonyl (C=O) groups is 1. The lowest BCUT2D eigenvalue weighted by Gasteiger charge is -2.28. The minimum atomic E-state index is -0.503. The molecule has 1 aliphatic heterocycles. The van der Waals surface area contributed by atoms with Crippen LogP contribution in [0, 0.1) is 5.82 Å². The molecule has 0 saturated heterocycles. The number of nitrogens with one attached hydrogen (secondary N) is 1. The fourth-order valence-electron chi connectivity index (χ4n) is 3.26. The molecule has 1 atom stereocenters. The molecular weight excluding hydrogens is 347 g/mol. The fourth-order valence-corrected chi connectivity index (χ4v) is 3.26. The number of nitrogens with zero attached hydrogens (tertiary/aromatic N) is 3. The third kappa shape index (κ3) is 4.35. The molecule has 0 saturated carbocycles. The topological polar surface area (TPSA) is 69.0 Å². The highest BCUT2D eigenvalue weighted by molar-refractivity contribution is 5.92. The molecule has 0 fully saturated rings. The molecule has 0 aliphatic carbocycles. The Hall–Kier alpha value is -2.70. The quantitative estimate of drug-likeness (QED) is 0.555. The van der Waals surface area contributed by atoms with Crippen molar-refractivity contribution in [2.24, 2.45) is 0 Å². The van der Waals surface area contributed by atoms with E-state index in [0.29, 0.717) is 23.8 Å². The van der Waals surface area contributed by atoms with Crippen molar-refractivity contribution < 1.29 is 13.9 Å². The second-order valence-electron chi connectivity index (χ2n) is 6.70. The van der Waals surface area contributed by atoms with Crippen molar-refractivity contribution in [3.8, 4) is 0 Å². The predicted molar refractivity (Wildman–Crippen MR) is 101 cm³/mol. The van der Waals surface area contributed by atoms with Crippen LogP contribution in [0.25, 0.3) is 0 Å². The Balaban J connectivity index is 1.78. The third-order valence-corrected chi connectivity index (χ3v) is 4.68. The highest BCUT2D eigenvalue weighted by Gasteiger charge is 2.34. The van der Waals surface area contributed by atoms with Crippen molar-refractivity contribution in [3.63, 3.8) is 0 Å². The van der Waals surface area contributed by atoms with Gasteiger partial charge in [-0.15, -0.1) is 0 Å². The van der Waals surface area contributed by atoms with Gasteiger partial charge in [-0.25, -0.2) is 13.9 Å². The molecule has 1 aromatic heterocycles. The van der Waals surface area contributed by atoms with Gasteiger partial charge in [0.1, 0.15) is 18.2 Å². The van der Waals surface area contributed by atoms with Crippen LogP contribution in [0.2, 0.25) is 0 Å². The molecule has 27 heavy (non-hydrogen) atoms. The fraction of sp³-hybridized carbons (Fsp3) is 0.450. The predicted octanol–water partition coefficient (Wildman–Crippen LogP) is 4.22. The summed E-state index contributed by atoms with van der Waals surface area (Å²) in [5.74, 6) is -0.174. The smallest absolute Gasteiger partial charge is 0.338 e. The lowest BCUT2D eigenvalue weighted by Crippen LogP contribution is -2.29. The van der Waals surface area contributed by atoms with E-state index in [1.54, 1.807) is 16.8 Å². The molecule has 3 rings (SSSR count). The maximum Gasteiger partial charge on any atom is 0.338 e. The van der Waals surface area contributed by atoms with E-state index in [1.165, 1.54) is 31.3 Å². The van der Waals surface area contributed by atoms with Gasteiger partial charge < -0.3 is 10.1 Å². The van der Waals surface area contributed by atoms with Gasteiger partial charge >= 0.3 is 5.97 Å². The van der Waals surface area contributed by atoms with Crippen molar-refractivity contribution >= 4 is 11.9 Å². The molecule has 0 bridgehead atoms. The monoisotopic (exact) mass is 372 g/mol. The first-order valence-corrected chi connectivity index (χ1v) is 9.41. The van der Waals surface area contributed by atoms with E-state index < -0.39 is 6.04 Å². The number of ether oxygens (including phenoxy) is 1. The van der Waals surface area contributed by atoms with Gasteiger partial charge in [0.05, 0.1) is 12.2 Å². The summed E-state index contributed by atoms with van der Waals surface area (Å²) in [5, 5.41) is 7.34. The molecule has 1 N–H and O–H groups in total. The number of hydrogen-bond donors (Lipinski definition) is 1. The van der Waals surface area contributed by atoms with Gasteiger partial charge in [-0.1, -0.05) is 44.7 Å². The normalized spacial score (nSPS) is 16.0. The molecule has 6 nitrogen and oxygen atoms in total. The summed E-state index contributed by atoms with van der Waals surface area (Å²) in [5.41, 5.74) is 1.88. The first-order chi connectivity index (χ1) is 13.1. The SMILES string of the molecule is CCCCCCCOC(=O)C1=C(C)Nc2ncnn2C1c1ccc(F)cc1. The zero-order valence-corrected chi connectivity index (χ0v) is 15.7. The lowest BCUT2D eigenvalue weighted by molar-refractivity contribution is -0.139. The number of esters is 1. The summed E-state index contributed by atoms with van der Waals surface area (Å²) in [6.07, 6.45) is 6.85. The first-order valence-electron chi connectivity index (χ1n) is 9.41. The Morgan fingerprint density at radius 1 is 1.22 bits per heavy atom. The van der Waals surface area contributed by atoms with Crippen molar-refractivity contribution in [3.05, 3.63) is 53.2 Å². The number of anilines is 1. The van der Waals surface area contributed by atoms with Gasteiger partial charge in [0, 0.05) is 5.70 Å². The van der Waals surface area contributed by atoms with Crippen molar-refractivity contribution in [2.45, 2.75) is 52.0 Å². The minimum absolute atomic E-state index is 0.330. The highest BCUT2D eigenvalue weighted by atomic mass is 19.1. The number of carbonyl (C=O) groups excluding carboxylic acids is 1. The van der Waals surface area contributed by atoms with Crippen LogP contribution in [0.3, 0.4) is 0 Å². The summed E-state index contributed by atoms with van der Waals surface area (Å²) in [6, 6.07) is 5.56. The maximum absolute atomic E-state index is 13.4. The van der Waals surface area contributed by atoms with E-state index in [9.17, 15) is 9.18 Å². The van der Waals surface area contributed by atoms with Gasteiger partial charge in [0.2, 0.25) is 5.95 Å². The highest BCUT2D eigenvalue weighted by Crippen LogP contribution is 2.35. The molecule has 0 amide bonds. The van der Waals surface area contributed by atoms with Crippen LogP contribution in [0.1, 0.15) is 57.6 Å². The van der Waals surface area contributed by atoms with E-state index in [-0.39, 0.29) is 11.8 Å². The summed E-state index contributed by atoms with van der Waals surface area (Å²) in [6.45, 7) is 4.37. The average molecular weight is 372 g/mol. The molecule has 7 heteroatoms. The molecule has 1 aliphatic rings. The van der Waals surface area contributed by atoms with Crippen LogP contribution in [0.15, 0.2) is 41.9 Å². The van der Waals surface area contributed by atoms with Crippen LogP contribution < -0.4 is 5.32 Å². The van der Waals surface area contributed by atoms with Crippen LogP contribution >= 0.6 is 0 Å². The number of fused-ring (bicyclic) bond motifs is 1. The molecule has 2 heterocycles. The average Bonchev–Trinajstić information content (AvgIpc) is 3.12. The van der Waals surface area contributed by atoms with Crippen LogP contribution in [0.5, 0.6) is 0 Å². The van der Waals surface area contributed by atoms with Gasteiger partial charge in [-0.05, 0) is 31.0 Å². The Morgan fingerprint density at radius 2 is 1.96 bits per heavy atom. The molecule has 1 unspecified atom stereocenters. The number of aromatic nitrogens is 3. The van der Waals surface area contributed by atoms with Crippen LogP contribution in [-0.2, 0) is 9.53 Å². The molecule has 0 spiro atoms. The largest absolute Gasteiger partial charge is 0.462 e. The van der Waals surface area contributed by atoms with E-state index in [0.717, 1.165) is 24.8 Å². The van der Waals surface area contributed by atoms with E-state index >= 15 is 0 Å². The number of benzene rings is 1. The number of hydrogen-bond acceptors (Lipinski definition) is 5. The molecule has 0 radical (unpaired) electrons.